The van der Waals surface area contributed by atoms with E-state index in [-0.39, 0.29) is 22.9 Å². The summed E-state index contributed by atoms with van der Waals surface area (Å²) in [4.78, 5) is 62.7. The second-order valence-electron chi connectivity index (χ2n) is 8.62. The first kappa shape index (κ1) is 25.1. The van der Waals surface area contributed by atoms with E-state index >= 15 is 0 Å². The molecular weight excluding hydrogens is 454 g/mol. The Morgan fingerprint density at radius 2 is 1.71 bits per heavy atom. The van der Waals surface area contributed by atoms with Crippen LogP contribution in [0.2, 0.25) is 0 Å². The fourth-order valence-electron chi connectivity index (χ4n) is 3.02. The second kappa shape index (κ2) is 10.2. The number of hydrogen-bond donors (Lipinski definition) is 3. The van der Waals surface area contributed by atoms with Crippen LogP contribution in [0.25, 0.3) is 0 Å². The van der Waals surface area contributed by atoms with Crippen molar-refractivity contribution in [3.05, 3.63) is 54.1 Å². The number of methoxy groups -OCH3 is 1. The van der Waals surface area contributed by atoms with Crippen LogP contribution in [-0.2, 0) is 14.4 Å². The van der Waals surface area contributed by atoms with Gasteiger partial charge >= 0.3 is 6.03 Å². The third-order valence-electron chi connectivity index (χ3n) is 5.00. The van der Waals surface area contributed by atoms with Gasteiger partial charge in [-0.2, -0.15) is 5.10 Å². The third-order valence-corrected chi connectivity index (χ3v) is 5.00. The van der Waals surface area contributed by atoms with Crippen molar-refractivity contribution in [2.75, 3.05) is 17.3 Å². The van der Waals surface area contributed by atoms with Gasteiger partial charge in [-0.15, -0.1) is 0 Å². The summed E-state index contributed by atoms with van der Waals surface area (Å²) in [6, 6.07) is 11.5. The minimum atomic E-state index is -1.45. The van der Waals surface area contributed by atoms with Gasteiger partial charge in [0.05, 0.1) is 12.8 Å². The molecule has 0 bridgehead atoms. The van der Waals surface area contributed by atoms with E-state index < -0.39 is 35.1 Å². The van der Waals surface area contributed by atoms with E-state index in [2.05, 4.69) is 21.2 Å². The monoisotopic (exact) mass is 479 g/mol. The highest BCUT2D eigenvalue weighted by atomic mass is 16.5. The quantitative estimate of drug-likeness (QED) is 0.329. The third kappa shape index (κ3) is 5.69. The van der Waals surface area contributed by atoms with Crippen LogP contribution in [0.5, 0.6) is 5.75 Å². The first-order chi connectivity index (χ1) is 16.5. The van der Waals surface area contributed by atoms with Gasteiger partial charge in [0.1, 0.15) is 5.75 Å². The molecule has 0 saturated carbocycles. The number of carbonyl (C=O) groups excluding carboxylic acids is 5. The molecule has 1 fully saturated rings. The Bertz CT molecular complexity index is 1200. The van der Waals surface area contributed by atoms with E-state index in [9.17, 15) is 24.0 Å². The molecule has 0 unspecified atom stereocenters. The molecule has 1 aliphatic rings. The molecule has 0 aliphatic carbocycles. The van der Waals surface area contributed by atoms with Crippen molar-refractivity contribution in [3.63, 3.8) is 0 Å². The maximum atomic E-state index is 12.9. The number of benzene rings is 2. The van der Waals surface area contributed by atoms with E-state index in [0.29, 0.717) is 5.69 Å². The Labute approximate surface area is 201 Å². The lowest BCUT2D eigenvalue weighted by atomic mass is 9.95. The molecule has 2 aromatic carbocycles. The van der Waals surface area contributed by atoms with Gasteiger partial charge in [-0.1, -0.05) is 32.9 Å². The number of anilines is 2. The summed E-state index contributed by atoms with van der Waals surface area (Å²) >= 11 is 0. The number of nitrogens with one attached hydrogen (secondary N) is 3. The van der Waals surface area contributed by atoms with Crippen molar-refractivity contribution in [2.24, 2.45) is 16.4 Å². The molecule has 1 saturated heterocycles. The largest absolute Gasteiger partial charge is 0.495 e. The van der Waals surface area contributed by atoms with Crippen molar-refractivity contribution in [1.82, 2.24) is 10.7 Å². The number of hydrazone groups is 1. The molecule has 3 rings (SSSR count). The zero-order valence-corrected chi connectivity index (χ0v) is 19.6. The molecule has 0 radical (unpaired) electrons. The van der Waals surface area contributed by atoms with E-state index in [4.69, 9.17) is 4.74 Å². The molecule has 0 spiro atoms. The number of hydrogen-bond acceptors (Lipinski definition) is 7. The Morgan fingerprint density at radius 3 is 2.34 bits per heavy atom. The summed E-state index contributed by atoms with van der Waals surface area (Å²) in [5.74, 6) is -3.68. The summed E-state index contributed by atoms with van der Waals surface area (Å²) in [5, 5.41) is 8.57. The van der Waals surface area contributed by atoms with E-state index in [0.717, 1.165) is 11.1 Å². The van der Waals surface area contributed by atoms with Gasteiger partial charge in [-0.3, -0.25) is 24.5 Å². The fourth-order valence-corrected chi connectivity index (χ4v) is 3.02. The van der Waals surface area contributed by atoms with Gasteiger partial charge in [-0.05, 0) is 36.4 Å². The predicted octanol–water partition coefficient (Wildman–Crippen LogP) is 2.29. The average molecular weight is 479 g/mol. The molecule has 11 heteroatoms. The lowest BCUT2D eigenvalue weighted by Gasteiger charge is -2.29. The molecule has 1 aliphatic heterocycles. The molecule has 1 heterocycles. The topological polar surface area (TPSA) is 146 Å². The van der Waals surface area contributed by atoms with Crippen molar-refractivity contribution < 1.29 is 28.7 Å². The Morgan fingerprint density at radius 1 is 1.06 bits per heavy atom. The Hall–Kier alpha value is -4.54. The minimum absolute atomic E-state index is 0.158. The fraction of sp³-hybridized carbons (Fsp3) is 0.250. The van der Waals surface area contributed by atoms with Gasteiger partial charge in [-0.25, -0.2) is 15.1 Å². The maximum Gasteiger partial charge on any atom is 0.335 e. The van der Waals surface area contributed by atoms with Crippen LogP contribution in [0.4, 0.5) is 16.2 Å². The van der Waals surface area contributed by atoms with Crippen molar-refractivity contribution >= 4 is 47.2 Å². The highest BCUT2D eigenvalue weighted by Crippen LogP contribution is 2.30. The number of carbonyl (C=O) groups is 5. The Kier molecular flexibility index (Phi) is 7.28. The number of imide groups is 2. The summed E-state index contributed by atoms with van der Waals surface area (Å²) < 4.78 is 5.19. The normalized spacial score (nSPS) is 16.2. The van der Waals surface area contributed by atoms with Crippen LogP contribution in [0.1, 0.15) is 31.1 Å². The summed E-state index contributed by atoms with van der Waals surface area (Å²) in [6.07, 6.45) is 0.947. The van der Waals surface area contributed by atoms with Crippen molar-refractivity contribution in [2.45, 2.75) is 20.8 Å². The lowest BCUT2D eigenvalue weighted by Crippen LogP contribution is -2.58. The van der Waals surface area contributed by atoms with Gasteiger partial charge in [0, 0.05) is 22.9 Å². The molecule has 6 amide bonds. The zero-order chi connectivity index (χ0) is 25.8. The van der Waals surface area contributed by atoms with Gasteiger partial charge in [0.2, 0.25) is 11.8 Å². The summed E-state index contributed by atoms with van der Waals surface area (Å²) in [7, 11) is 1.38. The minimum Gasteiger partial charge on any atom is -0.495 e. The molecule has 182 valence electrons. The number of amides is 6. The van der Waals surface area contributed by atoms with Crippen LogP contribution >= 0.6 is 0 Å². The highest BCUT2D eigenvalue weighted by molar-refractivity contribution is 6.33. The van der Waals surface area contributed by atoms with E-state index in [1.807, 2.05) is 0 Å². The predicted molar refractivity (Wildman–Crippen MR) is 128 cm³/mol. The highest BCUT2D eigenvalue weighted by Gasteiger charge is 2.41. The van der Waals surface area contributed by atoms with Crippen LogP contribution < -0.4 is 25.7 Å². The van der Waals surface area contributed by atoms with Crippen molar-refractivity contribution in [1.29, 1.82) is 0 Å². The van der Waals surface area contributed by atoms with Crippen LogP contribution in [0.15, 0.2) is 53.6 Å². The smallest absolute Gasteiger partial charge is 0.335 e. The number of barbiturate groups is 1. The number of urea groups is 1. The second-order valence-corrected chi connectivity index (χ2v) is 8.62. The number of rotatable bonds is 6. The Balaban J connectivity index is 1.68. The number of ether oxygens (including phenoxy) is 1. The first-order valence-corrected chi connectivity index (χ1v) is 10.6. The molecule has 2 aromatic rings. The summed E-state index contributed by atoms with van der Waals surface area (Å²) in [6.45, 7) is 5.35. The lowest BCUT2D eigenvalue weighted by molar-refractivity contribution is -0.131. The SMILES string of the molecule is COc1ccccc1N1C(=O)NC(=O)[C@@H](/C=N\NC(=O)c2ccc(NC(=O)C(C)(C)C)cc2)C1=O. The van der Waals surface area contributed by atoms with E-state index in [1.54, 1.807) is 51.1 Å². The van der Waals surface area contributed by atoms with Crippen molar-refractivity contribution in [3.8, 4) is 5.75 Å². The molecule has 1 atom stereocenters. The maximum absolute atomic E-state index is 12.9. The molecule has 0 aromatic heterocycles. The van der Waals surface area contributed by atoms with E-state index in [1.165, 1.54) is 25.3 Å². The first-order valence-electron chi connectivity index (χ1n) is 10.6. The standard InChI is InChI=1S/C24H25N5O6/c1-24(2,3)22(33)26-15-11-9-14(10-12-15)19(30)28-25-13-16-20(31)27-23(34)29(21(16)32)17-7-5-6-8-18(17)35-4/h5-13,16H,1-4H3,(H,26,33)(H,28,30)(H,27,31,34)/b25-13-/t16-/m1/s1. The van der Waals surface area contributed by atoms with Crippen LogP contribution in [-0.4, -0.2) is 43.0 Å². The zero-order valence-electron chi connectivity index (χ0n) is 19.6. The summed E-state index contributed by atoms with van der Waals surface area (Å²) in [5.41, 5.74) is 2.59. The molecular formula is C24H25N5O6. The molecule has 11 nitrogen and oxygen atoms in total. The average Bonchev–Trinajstić information content (AvgIpc) is 2.81. The molecule has 3 N–H and O–H groups in total. The van der Waals surface area contributed by atoms with Gasteiger partial charge in [0.25, 0.3) is 11.8 Å². The molecule has 35 heavy (non-hydrogen) atoms. The van der Waals surface area contributed by atoms with Gasteiger partial charge < -0.3 is 10.1 Å². The van der Waals surface area contributed by atoms with Crippen LogP contribution in [0, 0.1) is 11.3 Å². The van der Waals surface area contributed by atoms with Crippen LogP contribution in [0.3, 0.4) is 0 Å². The van der Waals surface area contributed by atoms with Gasteiger partial charge in [0.15, 0.2) is 5.92 Å². The number of para-hydroxylation sites is 2. The number of nitrogens with zero attached hydrogens (tertiary/aromatic N) is 2.